The summed E-state index contributed by atoms with van der Waals surface area (Å²) in [5.41, 5.74) is 1.56. The van der Waals surface area contributed by atoms with Crippen molar-refractivity contribution in [3.63, 3.8) is 0 Å². The Balaban J connectivity index is 2.24. The van der Waals surface area contributed by atoms with Gasteiger partial charge in [-0.3, -0.25) is 5.32 Å². The highest BCUT2D eigenvalue weighted by Crippen LogP contribution is 2.31. The van der Waals surface area contributed by atoms with Crippen LogP contribution < -0.4 is 10.1 Å². The number of carbonyl (C=O) groups is 2. The van der Waals surface area contributed by atoms with Crippen LogP contribution in [-0.4, -0.2) is 46.4 Å². The van der Waals surface area contributed by atoms with E-state index in [0.717, 1.165) is 5.56 Å². The van der Waals surface area contributed by atoms with Gasteiger partial charge in [-0.15, -0.1) is 0 Å². The van der Waals surface area contributed by atoms with E-state index < -0.39 is 17.8 Å². The summed E-state index contributed by atoms with van der Waals surface area (Å²) in [4.78, 5) is 23.0. The van der Waals surface area contributed by atoms with Crippen molar-refractivity contribution in [3.05, 3.63) is 53.1 Å². The van der Waals surface area contributed by atoms with Crippen molar-refractivity contribution in [2.75, 3.05) is 18.5 Å². The molecule has 172 valence electrons. The zero-order chi connectivity index (χ0) is 23.9. The van der Waals surface area contributed by atoms with Crippen LogP contribution >= 0.6 is 0 Å². The Hall–Kier alpha value is -3.75. The molecule has 0 saturated heterocycles. The maximum atomic E-state index is 12.0. The molecule has 0 aliphatic rings. The third-order valence-electron chi connectivity index (χ3n) is 4.53. The van der Waals surface area contributed by atoms with Gasteiger partial charge in [0, 0.05) is 17.3 Å². The molecule has 0 saturated carbocycles. The SMILES string of the molecule is CCCOC(=O)Nc1ccc(C(COc2ccc(C(=O)O)c(O)c2)=NO)cc1C(C)(C)C. The molecule has 32 heavy (non-hydrogen) atoms. The number of carboxylic acids is 1. The van der Waals surface area contributed by atoms with Crippen LogP contribution in [-0.2, 0) is 10.2 Å². The number of aromatic carboxylic acids is 1. The van der Waals surface area contributed by atoms with Crippen LogP contribution in [0, 0.1) is 0 Å². The number of rotatable bonds is 8. The summed E-state index contributed by atoms with van der Waals surface area (Å²) >= 11 is 0. The van der Waals surface area contributed by atoms with Crippen LogP contribution in [0.15, 0.2) is 41.6 Å². The van der Waals surface area contributed by atoms with E-state index in [2.05, 4.69) is 10.5 Å². The molecule has 0 radical (unpaired) electrons. The lowest BCUT2D eigenvalue weighted by atomic mass is 9.84. The summed E-state index contributed by atoms with van der Waals surface area (Å²) in [5, 5.41) is 34.4. The van der Waals surface area contributed by atoms with Crippen molar-refractivity contribution in [3.8, 4) is 11.5 Å². The molecule has 9 heteroatoms. The summed E-state index contributed by atoms with van der Waals surface area (Å²) in [6.45, 7) is 8.02. The van der Waals surface area contributed by atoms with E-state index in [-0.39, 0.29) is 29.0 Å². The third kappa shape index (κ3) is 6.37. The van der Waals surface area contributed by atoms with Gasteiger partial charge in [0.05, 0.1) is 6.61 Å². The number of nitrogens with zero attached hydrogens (tertiary/aromatic N) is 1. The number of anilines is 1. The van der Waals surface area contributed by atoms with E-state index in [1.165, 1.54) is 18.2 Å². The molecular weight excluding hydrogens is 416 g/mol. The third-order valence-corrected chi connectivity index (χ3v) is 4.53. The molecule has 0 aliphatic carbocycles. The van der Waals surface area contributed by atoms with E-state index in [1.54, 1.807) is 18.2 Å². The first-order chi connectivity index (χ1) is 15.1. The van der Waals surface area contributed by atoms with Gasteiger partial charge < -0.3 is 24.9 Å². The largest absolute Gasteiger partial charge is 0.507 e. The Labute approximate surface area is 186 Å². The number of hydrogen-bond donors (Lipinski definition) is 4. The van der Waals surface area contributed by atoms with Gasteiger partial charge in [0.2, 0.25) is 0 Å². The number of carboxylic acid groups (broad SMARTS) is 1. The molecule has 0 aromatic heterocycles. The normalized spacial score (nSPS) is 11.7. The fourth-order valence-corrected chi connectivity index (χ4v) is 2.90. The van der Waals surface area contributed by atoms with Crippen LogP contribution in [0.2, 0.25) is 0 Å². The predicted molar refractivity (Wildman–Crippen MR) is 119 cm³/mol. The maximum absolute atomic E-state index is 12.0. The van der Waals surface area contributed by atoms with Gasteiger partial charge in [0.1, 0.15) is 29.4 Å². The topological polar surface area (TPSA) is 138 Å². The molecule has 0 atom stereocenters. The molecule has 0 heterocycles. The van der Waals surface area contributed by atoms with Gasteiger partial charge in [-0.25, -0.2) is 9.59 Å². The molecule has 4 N–H and O–H groups in total. The molecule has 0 aliphatic heterocycles. The van der Waals surface area contributed by atoms with E-state index in [0.29, 0.717) is 24.3 Å². The average Bonchev–Trinajstić information content (AvgIpc) is 2.72. The van der Waals surface area contributed by atoms with Gasteiger partial charge in [0.25, 0.3) is 0 Å². The second kappa shape index (κ2) is 10.5. The number of amides is 1. The van der Waals surface area contributed by atoms with Crippen molar-refractivity contribution in [1.82, 2.24) is 0 Å². The molecule has 0 fully saturated rings. The Morgan fingerprint density at radius 2 is 1.84 bits per heavy atom. The number of hydrogen-bond acceptors (Lipinski definition) is 7. The van der Waals surface area contributed by atoms with Crippen LogP contribution in [0.1, 0.15) is 55.6 Å². The first kappa shape index (κ1) is 24.5. The van der Waals surface area contributed by atoms with E-state index in [9.17, 15) is 19.9 Å². The highest BCUT2D eigenvalue weighted by molar-refractivity contribution is 6.02. The fraction of sp³-hybridized carbons (Fsp3) is 0.348. The number of carbonyl (C=O) groups excluding carboxylic acids is 1. The van der Waals surface area contributed by atoms with Gasteiger partial charge in [-0.2, -0.15) is 0 Å². The number of benzene rings is 2. The number of nitrogens with one attached hydrogen (secondary N) is 1. The molecule has 9 nitrogen and oxygen atoms in total. The van der Waals surface area contributed by atoms with Crippen LogP contribution in [0.5, 0.6) is 11.5 Å². The summed E-state index contributed by atoms with van der Waals surface area (Å²) in [7, 11) is 0. The van der Waals surface area contributed by atoms with E-state index >= 15 is 0 Å². The lowest BCUT2D eigenvalue weighted by Gasteiger charge is -2.24. The second-order valence-corrected chi connectivity index (χ2v) is 8.09. The molecule has 0 unspecified atom stereocenters. The Bertz CT molecular complexity index is 1010. The molecule has 1 amide bonds. The van der Waals surface area contributed by atoms with E-state index in [1.807, 2.05) is 27.7 Å². The Kier molecular flexibility index (Phi) is 8.06. The molecule has 0 bridgehead atoms. The summed E-state index contributed by atoms with van der Waals surface area (Å²) in [6.07, 6.45) is 0.167. The number of aromatic hydroxyl groups is 1. The van der Waals surface area contributed by atoms with Gasteiger partial charge in [0.15, 0.2) is 0 Å². The highest BCUT2D eigenvalue weighted by atomic mass is 16.5. The number of phenols is 1. The monoisotopic (exact) mass is 444 g/mol. The van der Waals surface area contributed by atoms with E-state index in [4.69, 9.17) is 14.6 Å². The number of oxime groups is 1. The van der Waals surface area contributed by atoms with Crippen molar-refractivity contribution >= 4 is 23.5 Å². The summed E-state index contributed by atoms with van der Waals surface area (Å²) in [6, 6.07) is 8.95. The van der Waals surface area contributed by atoms with Crippen molar-refractivity contribution < 1.29 is 34.5 Å². The minimum Gasteiger partial charge on any atom is -0.507 e. The van der Waals surface area contributed by atoms with Crippen molar-refractivity contribution in [2.45, 2.75) is 39.5 Å². The Morgan fingerprint density at radius 1 is 1.12 bits per heavy atom. The second-order valence-electron chi connectivity index (χ2n) is 8.09. The predicted octanol–water partition coefficient (Wildman–Crippen LogP) is 4.60. The Morgan fingerprint density at radius 3 is 2.41 bits per heavy atom. The minimum atomic E-state index is -1.26. The standard InChI is InChI=1S/C23H28N2O7/c1-5-10-31-22(29)24-18-9-6-14(11-17(18)23(2,3)4)19(25-30)13-32-15-7-8-16(21(27)28)20(26)12-15/h6-9,11-12,26,30H,5,10,13H2,1-4H3,(H,24,29)(H,27,28). The van der Waals surface area contributed by atoms with Crippen molar-refractivity contribution in [1.29, 1.82) is 0 Å². The van der Waals surface area contributed by atoms with Crippen molar-refractivity contribution in [2.24, 2.45) is 5.16 Å². The molecule has 0 spiro atoms. The lowest BCUT2D eigenvalue weighted by molar-refractivity contribution is 0.0693. The number of ether oxygens (including phenoxy) is 2. The van der Waals surface area contributed by atoms with Crippen LogP contribution in [0.25, 0.3) is 0 Å². The van der Waals surface area contributed by atoms with Gasteiger partial charge >= 0.3 is 12.1 Å². The molecular formula is C23H28N2O7. The molecule has 2 aromatic rings. The first-order valence-electron chi connectivity index (χ1n) is 10.1. The zero-order valence-electron chi connectivity index (χ0n) is 18.5. The van der Waals surface area contributed by atoms with Gasteiger partial charge in [-0.1, -0.05) is 38.9 Å². The minimum absolute atomic E-state index is 0.142. The summed E-state index contributed by atoms with van der Waals surface area (Å²) < 4.78 is 10.7. The van der Waals surface area contributed by atoms with Crippen LogP contribution in [0.3, 0.4) is 0 Å². The van der Waals surface area contributed by atoms with Gasteiger partial charge in [-0.05, 0) is 41.7 Å². The quantitative estimate of drug-likeness (QED) is 0.265. The first-order valence-corrected chi connectivity index (χ1v) is 10.1. The van der Waals surface area contributed by atoms with Crippen LogP contribution in [0.4, 0.5) is 10.5 Å². The smallest absolute Gasteiger partial charge is 0.411 e. The fourth-order valence-electron chi connectivity index (χ4n) is 2.90. The molecule has 2 aromatic carbocycles. The highest BCUT2D eigenvalue weighted by Gasteiger charge is 2.21. The molecule has 2 rings (SSSR count). The summed E-state index contributed by atoms with van der Waals surface area (Å²) in [5.74, 6) is -1.48. The maximum Gasteiger partial charge on any atom is 0.411 e. The zero-order valence-corrected chi connectivity index (χ0v) is 18.5. The lowest BCUT2D eigenvalue weighted by Crippen LogP contribution is -2.21. The average molecular weight is 444 g/mol.